The van der Waals surface area contributed by atoms with Crippen molar-refractivity contribution in [1.82, 2.24) is 0 Å². The molecule has 0 unspecified atom stereocenters. The molecule has 1 aliphatic rings. The van der Waals surface area contributed by atoms with E-state index < -0.39 is 5.91 Å². The van der Waals surface area contributed by atoms with Crippen LogP contribution in [0.3, 0.4) is 0 Å². The molecule has 0 radical (unpaired) electrons. The van der Waals surface area contributed by atoms with Gasteiger partial charge in [0.2, 0.25) is 5.91 Å². The molecule has 1 amide bonds. The molecule has 2 aromatic rings. The minimum absolute atomic E-state index is 0.0324. The smallest absolute Gasteiger partial charge is 0.238 e. The summed E-state index contributed by atoms with van der Waals surface area (Å²) in [4.78, 5) is 36.9. The van der Waals surface area contributed by atoms with Crippen molar-refractivity contribution < 1.29 is 14.4 Å². The van der Waals surface area contributed by atoms with Gasteiger partial charge in [0.05, 0.1) is 16.9 Å². The molecule has 5 nitrogen and oxygen atoms in total. The molecule has 0 bridgehead atoms. The van der Waals surface area contributed by atoms with Crippen molar-refractivity contribution in [1.29, 1.82) is 0 Å². The van der Waals surface area contributed by atoms with Gasteiger partial charge in [-0.2, -0.15) is 0 Å². The summed E-state index contributed by atoms with van der Waals surface area (Å²) in [5, 5.41) is 0. The van der Waals surface area contributed by atoms with Gasteiger partial charge in [0.1, 0.15) is 0 Å². The minimum Gasteiger partial charge on any atom is -0.396 e. The monoisotopic (exact) mass is 440 g/mol. The SMILES string of the molecule is CC(=O)N(Cl)c1c(I)cc2c(c1N)C(=O)c1ccccc1C2=O. The van der Waals surface area contributed by atoms with Crippen LogP contribution in [0.5, 0.6) is 0 Å². The van der Waals surface area contributed by atoms with Crippen molar-refractivity contribution in [2.75, 3.05) is 10.2 Å². The summed E-state index contributed by atoms with van der Waals surface area (Å²) in [5.41, 5.74) is 7.32. The number of hydrogen-bond donors (Lipinski definition) is 1. The third-order valence-corrected chi connectivity index (χ3v) is 4.88. The van der Waals surface area contributed by atoms with Gasteiger partial charge in [0.15, 0.2) is 11.6 Å². The zero-order valence-electron chi connectivity index (χ0n) is 11.9. The van der Waals surface area contributed by atoms with E-state index in [4.69, 9.17) is 17.5 Å². The van der Waals surface area contributed by atoms with Crippen LogP contribution in [0, 0.1) is 3.57 Å². The second kappa shape index (κ2) is 5.61. The third-order valence-electron chi connectivity index (χ3n) is 3.65. The molecule has 3 rings (SSSR count). The molecule has 2 aromatic carbocycles. The standard InChI is InChI=1S/C16H10ClIN2O3/c1-7(21)20(17)14-11(18)6-10-12(13(14)19)16(23)9-5-3-2-4-8(9)15(10)22/h2-6H,19H2,1H3. The first kappa shape index (κ1) is 15.9. The molecule has 0 spiro atoms. The molecule has 0 heterocycles. The first-order chi connectivity index (χ1) is 10.8. The number of anilines is 2. The van der Waals surface area contributed by atoms with E-state index >= 15 is 0 Å². The molecule has 0 fully saturated rings. The lowest BCUT2D eigenvalue weighted by Crippen LogP contribution is -2.26. The van der Waals surface area contributed by atoms with Crippen molar-refractivity contribution in [3.05, 3.63) is 56.2 Å². The van der Waals surface area contributed by atoms with Gasteiger partial charge < -0.3 is 5.73 Å². The lowest BCUT2D eigenvalue weighted by Gasteiger charge is -2.23. The number of halogens is 2. The van der Waals surface area contributed by atoms with Crippen molar-refractivity contribution in [3.8, 4) is 0 Å². The van der Waals surface area contributed by atoms with Crippen LogP contribution in [0.1, 0.15) is 38.8 Å². The number of carbonyl (C=O) groups excluding carboxylic acids is 3. The molecule has 0 aromatic heterocycles. The summed E-state index contributed by atoms with van der Waals surface area (Å²) < 4.78 is 1.37. The van der Waals surface area contributed by atoms with Gasteiger partial charge in [0.25, 0.3) is 0 Å². The van der Waals surface area contributed by atoms with Crippen LogP contribution in [-0.2, 0) is 4.79 Å². The van der Waals surface area contributed by atoms with Crippen LogP contribution >= 0.6 is 34.4 Å². The third kappa shape index (κ3) is 2.33. The van der Waals surface area contributed by atoms with Crippen LogP contribution in [-0.4, -0.2) is 17.5 Å². The fourth-order valence-corrected chi connectivity index (χ4v) is 3.77. The molecule has 2 N–H and O–H groups in total. The number of benzene rings is 2. The molecule has 116 valence electrons. The van der Waals surface area contributed by atoms with Crippen LogP contribution in [0.25, 0.3) is 0 Å². The maximum absolute atomic E-state index is 12.7. The zero-order valence-corrected chi connectivity index (χ0v) is 14.8. The highest BCUT2D eigenvalue weighted by molar-refractivity contribution is 14.1. The number of nitrogens with zero attached hydrogens (tertiary/aromatic N) is 1. The Hall–Kier alpha value is -1.93. The maximum atomic E-state index is 12.7. The minimum atomic E-state index is -0.439. The predicted molar refractivity (Wildman–Crippen MR) is 95.9 cm³/mol. The molecule has 23 heavy (non-hydrogen) atoms. The highest BCUT2D eigenvalue weighted by Crippen LogP contribution is 2.40. The van der Waals surface area contributed by atoms with Gasteiger partial charge in [-0.3, -0.25) is 14.4 Å². The van der Waals surface area contributed by atoms with Gasteiger partial charge in [-0.15, -0.1) is 0 Å². The van der Waals surface area contributed by atoms with Gasteiger partial charge in [-0.05, 0) is 28.7 Å². The fourth-order valence-electron chi connectivity index (χ4n) is 2.60. The molecular formula is C16H10ClIN2O3. The average Bonchev–Trinajstić information content (AvgIpc) is 2.52. The Morgan fingerprint density at radius 3 is 2.26 bits per heavy atom. The van der Waals surface area contributed by atoms with E-state index in [1.165, 1.54) is 13.0 Å². The number of rotatable bonds is 1. The Morgan fingerprint density at radius 1 is 1.13 bits per heavy atom. The Balaban J connectivity index is 2.32. The quantitative estimate of drug-likeness (QED) is 0.358. The number of nitrogen functional groups attached to an aromatic ring is 1. The predicted octanol–water partition coefficient (Wildman–Crippen LogP) is 3.16. The highest BCUT2D eigenvalue weighted by Gasteiger charge is 2.34. The first-order valence-electron chi connectivity index (χ1n) is 6.61. The molecule has 0 atom stereocenters. The van der Waals surface area contributed by atoms with E-state index in [9.17, 15) is 14.4 Å². The zero-order chi connectivity index (χ0) is 16.9. The number of ketones is 2. The van der Waals surface area contributed by atoms with Gasteiger partial charge in [-0.25, -0.2) is 4.42 Å². The highest BCUT2D eigenvalue weighted by atomic mass is 127. The summed E-state index contributed by atoms with van der Waals surface area (Å²) >= 11 is 7.92. The van der Waals surface area contributed by atoms with E-state index in [-0.39, 0.29) is 34.1 Å². The first-order valence-corrected chi connectivity index (χ1v) is 8.03. The van der Waals surface area contributed by atoms with Gasteiger partial charge >= 0.3 is 0 Å². The second-order valence-electron chi connectivity index (χ2n) is 5.05. The lowest BCUT2D eigenvalue weighted by atomic mass is 9.83. The maximum Gasteiger partial charge on any atom is 0.238 e. The molecule has 1 aliphatic carbocycles. The van der Waals surface area contributed by atoms with E-state index in [1.54, 1.807) is 24.3 Å². The Labute approximate surface area is 150 Å². The lowest BCUT2D eigenvalue weighted by molar-refractivity contribution is -0.115. The molecule has 0 saturated heterocycles. The van der Waals surface area contributed by atoms with E-state index in [1.807, 2.05) is 22.6 Å². The van der Waals surface area contributed by atoms with Gasteiger partial charge in [0, 0.05) is 39.0 Å². The average molecular weight is 441 g/mol. The number of hydrogen-bond acceptors (Lipinski definition) is 4. The van der Waals surface area contributed by atoms with Crippen molar-refractivity contribution in [2.24, 2.45) is 0 Å². The number of amides is 1. The van der Waals surface area contributed by atoms with Crippen molar-refractivity contribution in [2.45, 2.75) is 6.92 Å². The van der Waals surface area contributed by atoms with Crippen molar-refractivity contribution >= 4 is 63.2 Å². The fraction of sp³-hybridized carbons (Fsp3) is 0.0625. The largest absolute Gasteiger partial charge is 0.396 e. The number of nitrogens with two attached hydrogens (primary N) is 1. The van der Waals surface area contributed by atoms with E-state index in [0.717, 1.165) is 4.42 Å². The topological polar surface area (TPSA) is 80.5 Å². The van der Waals surface area contributed by atoms with Gasteiger partial charge in [-0.1, -0.05) is 24.3 Å². The Bertz CT molecular complexity index is 895. The van der Waals surface area contributed by atoms with Crippen LogP contribution in [0.4, 0.5) is 11.4 Å². The Morgan fingerprint density at radius 2 is 1.70 bits per heavy atom. The Kier molecular flexibility index (Phi) is 3.89. The second-order valence-corrected chi connectivity index (χ2v) is 6.55. The summed E-state index contributed by atoms with van der Waals surface area (Å²) in [7, 11) is 0. The summed E-state index contributed by atoms with van der Waals surface area (Å²) in [5.74, 6) is -1.06. The van der Waals surface area contributed by atoms with Crippen molar-refractivity contribution in [3.63, 3.8) is 0 Å². The number of carbonyl (C=O) groups is 3. The molecule has 0 aliphatic heterocycles. The normalized spacial score (nSPS) is 12.7. The van der Waals surface area contributed by atoms with E-state index in [2.05, 4.69) is 0 Å². The molecule has 7 heteroatoms. The number of fused-ring (bicyclic) bond motifs is 2. The summed E-state index contributed by atoms with van der Waals surface area (Å²) in [6.07, 6.45) is 0. The molecular weight excluding hydrogens is 431 g/mol. The summed E-state index contributed by atoms with van der Waals surface area (Å²) in [6.45, 7) is 1.28. The van der Waals surface area contributed by atoms with E-state index in [0.29, 0.717) is 14.7 Å². The van der Waals surface area contributed by atoms with Crippen LogP contribution in [0.15, 0.2) is 30.3 Å². The molecule has 0 saturated carbocycles. The summed E-state index contributed by atoms with van der Waals surface area (Å²) in [6, 6.07) is 8.12. The van der Waals surface area contributed by atoms with Crippen LogP contribution < -0.4 is 10.2 Å². The van der Waals surface area contributed by atoms with Crippen LogP contribution in [0.2, 0.25) is 0 Å².